The number of H-pyrrole nitrogens is 1. The van der Waals surface area contributed by atoms with E-state index in [9.17, 15) is 9.90 Å². The number of carbonyl (C=O) groups excluding carboxylic acids is 1. The second-order valence-corrected chi connectivity index (χ2v) is 7.65. The number of benzene rings is 1. The van der Waals surface area contributed by atoms with Gasteiger partial charge in [0.05, 0.1) is 29.6 Å². The Kier molecular flexibility index (Phi) is 6.11. The zero-order valence-corrected chi connectivity index (χ0v) is 17.5. The lowest BCUT2D eigenvalue weighted by Gasteiger charge is -2.13. The second-order valence-electron chi connectivity index (χ2n) is 6.49. The second kappa shape index (κ2) is 8.53. The SMILES string of the molecule is CC(Cn1ccc(-c2ccc(C#N)c(I)c2)n1)NC(=O)c1cc(C(C)O)n[nH]1. The van der Waals surface area contributed by atoms with E-state index in [0.717, 1.165) is 14.8 Å². The number of hydrogen-bond donors (Lipinski definition) is 3. The number of rotatable bonds is 6. The molecule has 0 aliphatic carbocycles. The summed E-state index contributed by atoms with van der Waals surface area (Å²) in [7, 11) is 0. The lowest BCUT2D eigenvalue weighted by atomic mass is 10.1. The summed E-state index contributed by atoms with van der Waals surface area (Å²) in [4.78, 5) is 12.3. The Balaban J connectivity index is 1.63. The van der Waals surface area contributed by atoms with Crippen LogP contribution < -0.4 is 5.32 Å². The van der Waals surface area contributed by atoms with Crippen LogP contribution in [-0.4, -0.2) is 37.0 Å². The molecule has 28 heavy (non-hydrogen) atoms. The van der Waals surface area contributed by atoms with Crippen molar-refractivity contribution in [1.29, 1.82) is 5.26 Å². The van der Waals surface area contributed by atoms with Crippen LogP contribution in [0.25, 0.3) is 11.3 Å². The third kappa shape index (κ3) is 4.58. The maximum Gasteiger partial charge on any atom is 0.269 e. The Morgan fingerprint density at radius 3 is 2.82 bits per heavy atom. The van der Waals surface area contributed by atoms with Gasteiger partial charge in [0.1, 0.15) is 11.8 Å². The molecule has 0 aliphatic heterocycles. The molecule has 1 amide bonds. The summed E-state index contributed by atoms with van der Waals surface area (Å²) in [5.41, 5.74) is 3.10. The van der Waals surface area contributed by atoms with Crippen molar-refractivity contribution in [2.75, 3.05) is 0 Å². The number of aromatic amines is 1. The van der Waals surface area contributed by atoms with Crippen LogP contribution in [0.5, 0.6) is 0 Å². The highest BCUT2D eigenvalue weighted by Crippen LogP contribution is 2.22. The molecule has 1 aromatic carbocycles. The molecule has 0 spiro atoms. The first-order valence-electron chi connectivity index (χ1n) is 8.65. The number of halogens is 1. The molecule has 0 saturated carbocycles. The van der Waals surface area contributed by atoms with Gasteiger partial charge < -0.3 is 10.4 Å². The minimum absolute atomic E-state index is 0.167. The smallest absolute Gasteiger partial charge is 0.269 e. The van der Waals surface area contributed by atoms with Gasteiger partial charge in [0, 0.05) is 21.4 Å². The number of nitriles is 1. The van der Waals surface area contributed by atoms with Gasteiger partial charge in [-0.2, -0.15) is 15.5 Å². The van der Waals surface area contributed by atoms with Crippen molar-refractivity contribution in [3.05, 3.63) is 57.1 Å². The van der Waals surface area contributed by atoms with Crippen LogP contribution in [0, 0.1) is 14.9 Å². The van der Waals surface area contributed by atoms with Crippen molar-refractivity contribution in [3.8, 4) is 17.3 Å². The van der Waals surface area contributed by atoms with Gasteiger partial charge in [-0.25, -0.2) is 0 Å². The van der Waals surface area contributed by atoms with Crippen molar-refractivity contribution >= 4 is 28.5 Å². The zero-order chi connectivity index (χ0) is 20.3. The number of aliphatic hydroxyl groups is 1. The fraction of sp³-hybridized carbons (Fsp3) is 0.263. The van der Waals surface area contributed by atoms with Crippen LogP contribution in [0.1, 0.15) is 41.7 Å². The molecule has 0 aliphatic rings. The van der Waals surface area contributed by atoms with Crippen LogP contribution in [0.4, 0.5) is 0 Å². The lowest BCUT2D eigenvalue weighted by Crippen LogP contribution is -2.36. The summed E-state index contributed by atoms with van der Waals surface area (Å²) in [5, 5.41) is 32.5. The molecule has 0 saturated heterocycles. The van der Waals surface area contributed by atoms with E-state index in [1.165, 1.54) is 6.07 Å². The molecule has 3 aromatic rings. The fourth-order valence-electron chi connectivity index (χ4n) is 2.68. The summed E-state index contributed by atoms with van der Waals surface area (Å²) in [6.07, 6.45) is 1.12. The van der Waals surface area contributed by atoms with Gasteiger partial charge in [-0.3, -0.25) is 14.6 Å². The van der Waals surface area contributed by atoms with Crippen LogP contribution in [0.15, 0.2) is 36.5 Å². The summed E-state index contributed by atoms with van der Waals surface area (Å²) < 4.78 is 2.64. The van der Waals surface area contributed by atoms with Crippen molar-refractivity contribution < 1.29 is 9.90 Å². The molecule has 0 radical (unpaired) electrons. The van der Waals surface area contributed by atoms with Gasteiger partial charge in [-0.05, 0) is 60.7 Å². The number of nitrogens with zero attached hydrogens (tertiary/aromatic N) is 4. The van der Waals surface area contributed by atoms with E-state index in [-0.39, 0.29) is 11.9 Å². The van der Waals surface area contributed by atoms with E-state index in [2.05, 4.69) is 49.3 Å². The molecule has 0 bridgehead atoms. The van der Waals surface area contributed by atoms with E-state index < -0.39 is 6.10 Å². The van der Waals surface area contributed by atoms with Crippen molar-refractivity contribution in [1.82, 2.24) is 25.3 Å². The molecule has 0 fully saturated rings. The largest absolute Gasteiger partial charge is 0.387 e. The van der Waals surface area contributed by atoms with Gasteiger partial charge >= 0.3 is 0 Å². The number of aliphatic hydroxyl groups excluding tert-OH is 1. The molecule has 9 heteroatoms. The van der Waals surface area contributed by atoms with E-state index in [4.69, 9.17) is 5.26 Å². The molecule has 2 unspecified atom stereocenters. The van der Waals surface area contributed by atoms with Crippen LogP contribution >= 0.6 is 22.6 Å². The highest BCUT2D eigenvalue weighted by Gasteiger charge is 2.15. The third-order valence-electron chi connectivity index (χ3n) is 4.13. The average Bonchev–Trinajstić information content (AvgIpc) is 3.31. The topological polar surface area (TPSA) is 120 Å². The first-order valence-corrected chi connectivity index (χ1v) is 9.73. The Morgan fingerprint density at radius 2 is 2.18 bits per heavy atom. The Morgan fingerprint density at radius 1 is 1.39 bits per heavy atom. The summed E-state index contributed by atoms with van der Waals surface area (Å²) in [6, 6.07) is 11.0. The minimum atomic E-state index is -0.733. The minimum Gasteiger partial charge on any atom is -0.387 e. The Hall–Kier alpha value is -2.71. The maximum absolute atomic E-state index is 12.3. The Bertz CT molecular complexity index is 1030. The van der Waals surface area contributed by atoms with Crippen LogP contribution in [0.3, 0.4) is 0 Å². The van der Waals surface area contributed by atoms with E-state index >= 15 is 0 Å². The van der Waals surface area contributed by atoms with Gasteiger partial charge in [0.15, 0.2) is 0 Å². The quantitative estimate of drug-likeness (QED) is 0.459. The molecule has 144 valence electrons. The number of hydrogen-bond acceptors (Lipinski definition) is 5. The van der Waals surface area contributed by atoms with Gasteiger partial charge in [-0.1, -0.05) is 6.07 Å². The third-order valence-corrected chi connectivity index (χ3v) is 5.03. The first-order chi connectivity index (χ1) is 13.4. The van der Waals surface area contributed by atoms with Gasteiger partial charge in [0.2, 0.25) is 0 Å². The normalized spacial score (nSPS) is 13.0. The van der Waals surface area contributed by atoms with Gasteiger partial charge in [0.25, 0.3) is 5.91 Å². The van der Waals surface area contributed by atoms with Crippen LogP contribution in [-0.2, 0) is 6.54 Å². The van der Waals surface area contributed by atoms with E-state index in [0.29, 0.717) is 23.5 Å². The number of aromatic nitrogens is 4. The fourth-order valence-corrected chi connectivity index (χ4v) is 3.31. The molecule has 3 N–H and O–H groups in total. The first kappa shape index (κ1) is 20.0. The summed E-state index contributed by atoms with van der Waals surface area (Å²) >= 11 is 2.14. The molecule has 8 nitrogen and oxygen atoms in total. The Labute approximate surface area is 175 Å². The monoisotopic (exact) mass is 490 g/mol. The highest BCUT2D eigenvalue weighted by molar-refractivity contribution is 14.1. The van der Waals surface area contributed by atoms with E-state index in [1.807, 2.05) is 31.3 Å². The molecule has 3 rings (SSSR count). The van der Waals surface area contributed by atoms with Crippen LogP contribution in [0.2, 0.25) is 0 Å². The number of carbonyl (C=O) groups is 1. The maximum atomic E-state index is 12.3. The molecular weight excluding hydrogens is 471 g/mol. The zero-order valence-electron chi connectivity index (χ0n) is 15.3. The molecule has 2 atom stereocenters. The van der Waals surface area contributed by atoms with Crippen molar-refractivity contribution in [2.24, 2.45) is 0 Å². The predicted molar refractivity (Wildman–Crippen MR) is 111 cm³/mol. The van der Waals surface area contributed by atoms with Crippen molar-refractivity contribution in [2.45, 2.75) is 32.5 Å². The molecule has 2 heterocycles. The highest BCUT2D eigenvalue weighted by atomic mass is 127. The van der Waals surface area contributed by atoms with E-state index in [1.54, 1.807) is 17.7 Å². The van der Waals surface area contributed by atoms with Gasteiger partial charge in [-0.15, -0.1) is 0 Å². The summed E-state index contributed by atoms with van der Waals surface area (Å²) in [5.74, 6) is -0.291. The summed E-state index contributed by atoms with van der Waals surface area (Å²) in [6.45, 7) is 3.97. The standard InChI is InChI=1S/C19H19IN6O2/c1-11(22-19(28)18-8-17(12(2)27)23-24-18)10-26-6-5-16(25-26)13-3-4-14(9-21)15(20)7-13/h3-8,11-12,27H,10H2,1-2H3,(H,22,28)(H,23,24). The lowest BCUT2D eigenvalue weighted by molar-refractivity contribution is 0.0931. The predicted octanol–water partition coefficient (Wildman–Crippen LogP) is 2.62. The molecule has 2 aromatic heterocycles. The number of amides is 1. The average molecular weight is 490 g/mol. The van der Waals surface area contributed by atoms with Crippen molar-refractivity contribution in [3.63, 3.8) is 0 Å². The molecular formula is C19H19IN6O2. The number of nitrogens with one attached hydrogen (secondary N) is 2.